The van der Waals surface area contributed by atoms with Gasteiger partial charge in [-0.3, -0.25) is 9.69 Å². The third-order valence-corrected chi connectivity index (χ3v) is 2.59. The van der Waals surface area contributed by atoms with Crippen molar-refractivity contribution in [1.82, 2.24) is 4.90 Å². The van der Waals surface area contributed by atoms with Gasteiger partial charge in [-0.25, -0.2) is 0 Å². The van der Waals surface area contributed by atoms with Crippen molar-refractivity contribution in [3.05, 3.63) is 29.8 Å². The molecule has 0 heterocycles. The summed E-state index contributed by atoms with van der Waals surface area (Å²) in [5.41, 5.74) is 7.40. The molecule has 88 valence electrons. The van der Waals surface area contributed by atoms with E-state index < -0.39 is 12.0 Å². The van der Waals surface area contributed by atoms with Gasteiger partial charge >= 0.3 is 5.97 Å². The Labute approximate surface area is 95.7 Å². The van der Waals surface area contributed by atoms with E-state index in [2.05, 4.69) is 0 Å². The molecular weight excluding hydrogens is 204 g/mol. The van der Waals surface area contributed by atoms with Crippen molar-refractivity contribution < 1.29 is 9.90 Å². The summed E-state index contributed by atoms with van der Waals surface area (Å²) >= 11 is 0. The van der Waals surface area contributed by atoms with Gasteiger partial charge in [-0.15, -0.1) is 0 Å². The fraction of sp³-hybridized carbons (Fsp3) is 0.417. The number of carboxylic acids is 1. The van der Waals surface area contributed by atoms with Gasteiger partial charge in [-0.05, 0) is 31.2 Å². The summed E-state index contributed by atoms with van der Waals surface area (Å²) in [6.07, 6.45) is 0.591. The zero-order chi connectivity index (χ0) is 12.1. The van der Waals surface area contributed by atoms with E-state index in [1.807, 2.05) is 43.1 Å². The van der Waals surface area contributed by atoms with Gasteiger partial charge < -0.3 is 10.8 Å². The molecule has 1 aromatic carbocycles. The monoisotopic (exact) mass is 222 g/mol. The van der Waals surface area contributed by atoms with Crippen LogP contribution in [0.5, 0.6) is 0 Å². The average molecular weight is 222 g/mol. The van der Waals surface area contributed by atoms with Gasteiger partial charge in [0.15, 0.2) is 0 Å². The third-order valence-electron chi connectivity index (χ3n) is 2.59. The zero-order valence-corrected chi connectivity index (χ0v) is 9.68. The number of anilines is 1. The first-order chi connectivity index (χ1) is 7.54. The zero-order valence-electron chi connectivity index (χ0n) is 9.68. The molecule has 0 saturated carbocycles. The van der Waals surface area contributed by atoms with Crippen LogP contribution in [0.4, 0.5) is 5.69 Å². The molecule has 1 unspecified atom stereocenters. The third kappa shape index (κ3) is 3.24. The van der Waals surface area contributed by atoms with Crippen molar-refractivity contribution in [2.24, 2.45) is 0 Å². The Balaban J connectivity index is 2.69. The molecule has 0 saturated heterocycles. The van der Waals surface area contributed by atoms with E-state index in [1.54, 1.807) is 0 Å². The highest BCUT2D eigenvalue weighted by Crippen LogP contribution is 2.11. The van der Waals surface area contributed by atoms with Crippen LogP contribution >= 0.6 is 0 Å². The molecular formula is C12H18N2O2. The SMILES string of the molecule is CCC(C(=O)O)N(C)Cc1cccc(N)c1. The number of hydrogen-bond acceptors (Lipinski definition) is 3. The molecule has 0 aromatic heterocycles. The Morgan fingerprint density at radius 3 is 2.75 bits per heavy atom. The Bertz CT molecular complexity index is 366. The lowest BCUT2D eigenvalue weighted by Crippen LogP contribution is -2.37. The lowest BCUT2D eigenvalue weighted by Gasteiger charge is -2.23. The second kappa shape index (κ2) is 5.51. The van der Waals surface area contributed by atoms with Crippen molar-refractivity contribution in [2.75, 3.05) is 12.8 Å². The van der Waals surface area contributed by atoms with E-state index in [0.29, 0.717) is 18.7 Å². The number of nitrogens with two attached hydrogens (primary N) is 1. The molecule has 0 fully saturated rings. The molecule has 0 amide bonds. The highest BCUT2D eigenvalue weighted by Gasteiger charge is 2.20. The van der Waals surface area contributed by atoms with Crippen LogP contribution in [0.25, 0.3) is 0 Å². The van der Waals surface area contributed by atoms with Gasteiger partial charge in [0.1, 0.15) is 6.04 Å². The number of carboxylic acid groups (broad SMARTS) is 1. The Kier molecular flexibility index (Phi) is 4.31. The number of likely N-dealkylation sites (N-methyl/N-ethyl adjacent to an activating group) is 1. The van der Waals surface area contributed by atoms with Crippen LogP contribution in [0.15, 0.2) is 24.3 Å². The topological polar surface area (TPSA) is 66.6 Å². The number of hydrogen-bond donors (Lipinski definition) is 2. The number of nitrogens with zero attached hydrogens (tertiary/aromatic N) is 1. The Hall–Kier alpha value is -1.55. The lowest BCUT2D eigenvalue weighted by atomic mass is 10.1. The first-order valence-electron chi connectivity index (χ1n) is 5.32. The normalized spacial score (nSPS) is 12.7. The summed E-state index contributed by atoms with van der Waals surface area (Å²) in [5.74, 6) is -0.783. The first-order valence-corrected chi connectivity index (χ1v) is 5.32. The molecule has 0 aliphatic carbocycles. The molecule has 0 aliphatic rings. The molecule has 4 heteroatoms. The maximum Gasteiger partial charge on any atom is 0.320 e. The summed E-state index contributed by atoms with van der Waals surface area (Å²) < 4.78 is 0. The number of benzene rings is 1. The predicted octanol–water partition coefficient (Wildman–Crippen LogP) is 1.56. The number of nitrogen functional groups attached to an aromatic ring is 1. The van der Waals surface area contributed by atoms with E-state index in [1.165, 1.54) is 0 Å². The molecule has 1 aromatic rings. The molecule has 0 radical (unpaired) electrons. The van der Waals surface area contributed by atoms with E-state index in [-0.39, 0.29) is 0 Å². The fourth-order valence-corrected chi connectivity index (χ4v) is 1.76. The predicted molar refractivity (Wildman–Crippen MR) is 64.0 cm³/mol. The van der Waals surface area contributed by atoms with E-state index in [4.69, 9.17) is 10.8 Å². The van der Waals surface area contributed by atoms with Crippen LogP contribution in [-0.4, -0.2) is 29.1 Å². The van der Waals surface area contributed by atoms with Gasteiger partial charge in [0.05, 0.1) is 0 Å². The minimum Gasteiger partial charge on any atom is -0.480 e. The average Bonchev–Trinajstić information content (AvgIpc) is 2.17. The lowest BCUT2D eigenvalue weighted by molar-refractivity contribution is -0.143. The fourth-order valence-electron chi connectivity index (χ4n) is 1.76. The molecule has 1 rings (SSSR count). The molecule has 1 atom stereocenters. The van der Waals surface area contributed by atoms with Crippen LogP contribution in [0.2, 0.25) is 0 Å². The van der Waals surface area contributed by atoms with Crippen LogP contribution in [0.3, 0.4) is 0 Å². The molecule has 3 N–H and O–H groups in total. The second-order valence-corrected chi connectivity index (χ2v) is 3.92. The van der Waals surface area contributed by atoms with Crippen LogP contribution in [0.1, 0.15) is 18.9 Å². The van der Waals surface area contributed by atoms with Crippen molar-refractivity contribution in [3.63, 3.8) is 0 Å². The minimum absolute atomic E-state index is 0.443. The number of aliphatic carboxylic acids is 1. The van der Waals surface area contributed by atoms with Gasteiger partial charge in [-0.2, -0.15) is 0 Å². The summed E-state index contributed by atoms with van der Waals surface area (Å²) in [5, 5.41) is 9.01. The second-order valence-electron chi connectivity index (χ2n) is 3.92. The van der Waals surface area contributed by atoms with Gasteiger partial charge in [0, 0.05) is 12.2 Å². The van der Waals surface area contributed by atoms with Crippen molar-refractivity contribution >= 4 is 11.7 Å². The van der Waals surface area contributed by atoms with Crippen molar-refractivity contribution in [2.45, 2.75) is 25.9 Å². The smallest absolute Gasteiger partial charge is 0.320 e. The minimum atomic E-state index is -0.783. The summed E-state index contributed by atoms with van der Waals surface area (Å²) in [4.78, 5) is 12.8. The molecule has 4 nitrogen and oxygen atoms in total. The van der Waals surface area contributed by atoms with Crippen LogP contribution in [-0.2, 0) is 11.3 Å². The van der Waals surface area contributed by atoms with Crippen molar-refractivity contribution in [1.29, 1.82) is 0 Å². The standard InChI is InChI=1S/C12H18N2O2/c1-3-11(12(15)16)14(2)8-9-5-4-6-10(13)7-9/h4-7,11H,3,8,13H2,1-2H3,(H,15,16). The number of carbonyl (C=O) groups is 1. The van der Waals surface area contributed by atoms with Gasteiger partial charge in [-0.1, -0.05) is 19.1 Å². The maximum absolute atomic E-state index is 11.0. The van der Waals surface area contributed by atoms with Gasteiger partial charge in [0.25, 0.3) is 0 Å². The van der Waals surface area contributed by atoms with Gasteiger partial charge in [0.2, 0.25) is 0 Å². The molecule has 0 spiro atoms. The van der Waals surface area contributed by atoms with E-state index >= 15 is 0 Å². The highest BCUT2D eigenvalue weighted by molar-refractivity contribution is 5.73. The van der Waals surface area contributed by atoms with Crippen LogP contribution in [0, 0.1) is 0 Å². The Morgan fingerprint density at radius 1 is 1.56 bits per heavy atom. The summed E-state index contributed by atoms with van der Waals surface area (Å²) in [6, 6.07) is 7.06. The van der Waals surface area contributed by atoms with Crippen molar-refractivity contribution in [3.8, 4) is 0 Å². The largest absolute Gasteiger partial charge is 0.480 e. The number of rotatable bonds is 5. The highest BCUT2D eigenvalue weighted by atomic mass is 16.4. The van der Waals surface area contributed by atoms with E-state index in [9.17, 15) is 4.79 Å². The summed E-state index contributed by atoms with van der Waals surface area (Å²) in [6.45, 7) is 2.46. The molecule has 0 aliphatic heterocycles. The quantitative estimate of drug-likeness (QED) is 0.742. The van der Waals surface area contributed by atoms with Crippen LogP contribution < -0.4 is 5.73 Å². The molecule has 0 bridgehead atoms. The maximum atomic E-state index is 11.0. The van der Waals surface area contributed by atoms with E-state index in [0.717, 1.165) is 5.56 Å². The first kappa shape index (κ1) is 12.5. The Morgan fingerprint density at radius 2 is 2.25 bits per heavy atom. The molecule has 16 heavy (non-hydrogen) atoms. The summed E-state index contributed by atoms with van der Waals surface area (Å²) in [7, 11) is 1.81.